The lowest BCUT2D eigenvalue weighted by Gasteiger charge is -2.00. The third-order valence-corrected chi connectivity index (χ3v) is 2.44. The molecule has 0 unspecified atom stereocenters. The molecule has 2 aromatic rings. The van der Waals surface area contributed by atoms with E-state index in [1.165, 1.54) is 0 Å². The van der Waals surface area contributed by atoms with Crippen LogP contribution in [0.2, 0.25) is 0 Å². The summed E-state index contributed by atoms with van der Waals surface area (Å²) in [6, 6.07) is 5.91. The first-order valence-corrected chi connectivity index (χ1v) is 5.12. The Balaban J connectivity index is 2.56. The summed E-state index contributed by atoms with van der Waals surface area (Å²) in [5.74, 6) is 0.262. The maximum atomic E-state index is 9.17. The van der Waals surface area contributed by atoms with E-state index in [1.807, 2.05) is 26.0 Å². The summed E-state index contributed by atoms with van der Waals surface area (Å²) in [7, 11) is 0. The van der Waals surface area contributed by atoms with Crippen molar-refractivity contribution in [2.24, 2.45) is 0 Å². The Hall–Kier alpha value is -2.15. The molecular formula is C12H12N4. The summed E-state index contributed by atoms with van der Waals surface area (Å²) in [4.78, 5) is 3.95. The van der Waals surface area contributed by atoms with Crippen LogP contribution in [-0.2, 0) is 0 Å². The van der Waals surface area contributed by atoms with Crippen molar-refractivity contribution >= 4 is 0 Å². The highest BCUT2D eigenvalue weighted by molar-refractivity contribution is 5.67. The molecule has 0 spiro atoms. The molecule has 0 aliphatic rings. The Morgan fingerprint density at radius 3 is 2.56 bits per heavy atom. The predicted octanol–water partition coefficient (Wildman–Crippen LogP) is 2.47. The highest BCUT2D eigenvalue weighted by Gasteiger charge is 2.16. The number of H-pyrrole nitrogens is 1. The van der Waals surface area contributed by atoms with Crippen molar-refractivity contribution in [3.05, 3.63) is 35.8 Å². The lowest BCUT2D eigenvalue weighted by Crippen LogP contribution is -1.91. The first-order chi connectivity index (χ1) is 7.74. The van der Waals surface area contributed by atoms with E-state index in [1.54, 1.807) is 12.4 Å². The molecular weight excluding hydrogens is 200 g/mol. The molecule has 0 aliphatic carbocycles. The maximum absolute atomic E-state index is 9.17. The van der Waals surface area contributed by atoms with Gasteiger partial charge < -0.3 is 0 Å². The number of rotatable bonds is 2. The quantitative estimate of drug-likeness (QED) is 0.831. The van der Waals surface area contributed by atoms with Gasteiger partial charge in [0.1, 0.15) is 17.3 Å². The largest absolute Gasteiger partial charge is 0.280 e. The lowest BCUT2D eigenvalue weighted by molar-refractivity contribution is 0.808. The van der Waals surface area contributed by atoms with E-state index < -0.39 is 0 Å². The van der Waals surface area contributed by atoms with Crippen LogP contribution < -0.4 is 0 Å². The van der Waals surface area contributed by atoms with Gasteiger partial charge in [0.05, 0.1) is 5.69 Å². The molecule has 0 saturated heterocycles. The number of nitriles is 1. The minimum Gasteiger partial charge on any atom is -0.280 e. The SMILES string of the molecule is CC(C)c1[nH]nc(-c2ccncc2)c1C#N. The third kappa shape index (κ3) is 1.68. The Labute approximate surface area is 94.0 Å². The van der Waals surface area contributed by atoms with Gasteiger partial charge in [-0.05, 0) is 18.1 Å². The fraction of sp³-hybridized carbons (Fsp3) is 0.250. The third-order valence-electron chi connectivity index (χ3n) is 2.44. The summed E-state index contributed by atoms with van der Waals surface area (Å²) in [6.45, 7) is 4.06. The summed E-state index contributed by atoms with van der Waals surface area (Å²) < 4.78 is 0. The van der Waals surface area contributed by atoms with Gasteiger partial charge in [-0.1, -0.05) is 13.8 Å². The molecule has 4 heteroatoms. The minimum atomic E-state index is 0.262. The summed E-state index contributed by atoms with van der Waals surface area (Å²) >= 11 is 0. The van der Waals surface area contributed by atoms with Crippen LogP contribution in [0.4, 0.5) is 0 Å². The molecule has 0 bridgehead atoms. The predicted molar refractivity (Wildman–Crippen MR) is 60.6 cm³/mol. The van der Waals surface area contributed by atoms with Gasteiger partial charge >= 0.3 is 0 Å². The van der Waals surface area contributed by atoms with Crippen LogP contribution in [0.25, 0.3) is 11.3 Å². The topological polar surface area (TPSA) is 65.4 Å². The minimum absolute atomic E-state index is 0.262. The molecule has 2 aromatic heterocycles. The maximum Gasteiger partial charge on any atom is 0.110 e. The highest BCUT2D eigenvalue weighted by atomic mass is 15.1. The Kier molecular flexibility index (Phi) is 2.69. The monoisotopic (exact) mass is 212 g/mol. The molecule has 0 aromatic carbocycles. The molecule has 0 radical (unpaired) electrons. The fourth-order valence-electron chi connectivity index (χ4n) is 1.61. The molecule has 0 fully saturated rings. The first kappa shape index (κ1) is 10.4. The average molecular weight is 212 g/mol. The second-order valence-electron chi connectivity index (χ2n) is 3.86. The van der Waals surface area contributed by atoms with E-state index in [9.17, 15) is 5.26 Å². The van der Waals surface area contributed by atoms with E-state index in [4.69, 9.17) is 0 Å². The molecule has 80 valence electrons. The molecule has 0 aliphatic heterocycles. The number of hydrogen-bond donors (Lipinski definition) is 1. The van der Waals surface area contributed by atoms with Crippen LogP contribution in [-0.4, -0.2) is 15.2 Å². The van der Waals surface area contributed by atoms with Gasteiger partial charge in [0, 0.05) is 18.0 Å². The van der Waals surface area contributed by atoms with Gasteiger partial charge in [-0.25, -0.2) is 0 Å². The molecule has 2 rings (SSSR count). The van der Waals surface area contributed by atoms with E-state index >= 15 is 0 Å². The van der Waals surface area contributed by atoms with Crippen LogP contribution in [0.15, 0.2) is 24.5 Å². The van der Waals surface area contributed by atoms with Gasteiger partial charge in [-0.3, -0.25) is 10.1 Å². The molecule has 0 atom stereocenters. The highest BCUT2D eigenvalue weighted by Crippen LogP contribution is 2.26. The molecule has 2 heterocycles. The summed E-state index contributed by atoms with van der Waals surface area (Å²) in [6.07, 6.45) is 3.39. The zero-order valence-electron chi connectivity index (χ0n) is 9.23. The van der Waals surface area contributed by atoms with Crippen molar-refractivity contribution < 1.29 is 0 Å². The second kappa shape index (κ2) is 4.15. The van der Waals surface area contributed by atoms with E-state index in [2.05, 4.69) is 21.3 Å². The van der Waals surface area contributed by atoms with Gasteiger partial charge in [-0.2, -0.15) is 10.4 Å². The molecule has 4 nitrogen and oxygen atoms in total. The molecule has 16 heavy (non-hydrogen) atoms. The molecule has 0 amide bonds. The number of nitrogens with one attached hydrogen (secondary N) is 1. The van der Waals surface area contributed by atoms with Gasteiger partial charge in [0.25, 0.3) is 0 Å². The van der Waals surface area contributed by atoms with Crippen LogP contribution in [0.3, 0.4) is 0 Å². The van der Waals surface area contributed by atoms with Crippen LogP contribution in [0.5, 0.6) is 0 Å². The second-order valence-corrected chi connectivity index (χ2v) is 3.86. The van der Waals surface area contributed by atoms with Gasteiger partial charge in [0.2, 0.25) is 0 Å². The van der Waals surface area contributed by atoms with Crippen molar-refractivity contribution in [1.29, 1.82) is 5.26 Å². The van der Waals surface area contributed by atoms with Crippen molar-refractivity contribution in [2.45, 2.75) is 19.8 Å². The van der Waals surface area contributed by atoms with Crippen molar-refractivity contribution in [2.75, 3.05) is 0 Å². The normalized spacial score (nSPS) is 10.4. The number of hydrogen-bond acceptors (Lipinski definition) is 3. The van der Waals surface area contributed by atoms with Gasteiger partial charge in [-0.15, -0.1) is 0 Å². The Morgan fingerprint density at radius 1 is 1.31 bits per heavy atom. The zero-order chi connectivity index (χ0) is 11.5. The smallest absolute Gasteiger partial charge is 0.110 e. The first-order valence-electron chi connectivity index (χ1n) is 5.12. The average Bonchev–Trinajstić information content (AvgIpc) is 2.73. The van der Waals surface area contributed by atoms with E-state index in [-0.39, 0.29) is 5.92 Å². The van der Waals surface area contributed by atoms with Gasteiger partial charge in [0.15, 0.2) is 0 Å². The van der Waals surface area contributed by atoms with Crippen molar-refractivity contribution in [3.63, 3.8) is 0 Å². The van der Waals surface area contributed by atoms with E-state index in [0.29, 0.717) is 11.3 Å². The van der Waals surface area contributed by atoms with Crippen LogP contribution in [0, 0.1) is 11.3 Å². The zero-order valence-corrected chi connectivity index (χ0v) is 9.23. The number of aromatic amines is 1. The number of aromatic nitrogens is 3. The Morgan fingerprint density at radius 2 is 2.00 bits per heavy atom. The van der Waals surface area contributed by atoms with E-state index in [0.717, 1.165) is 11.3 Å². The number of nitrogens with zero attached hydrogens (tertiary/aromatic N) is 3. The molecule has 0 saturated carbocycles. The lowest BCUT2D eigenvalue weighted by atomic mass is 10.0. The Bertz CT molecular complexity index is 520. The number of pyridine rings is 1. The van der Waals surface area contributed by atoms with Crippen molar-refractivity contribution in [3.8, 4) is 17.3 Å². The summed E-state index contributed by atoms with van der Waals surface area (Å²) in [5, 5.41) is 16.3. The fourth-order valence-corrected chi connectivity index (χ4v) is 1.61. The van der Waals surface area contributed by atoms with Crippen molar-refractivity contribution in [1.82, 2.24) is 15.2 Å². The molecule has 1 N–H and O–H groups in total. The van der Waals surface area contributed by atoms with Crippen LogP contribution in [0.1, 0.15) is 31.0 Å². The summed E-state index contributed by atoms with van der Waals surface area (Å²) in [5.41, 5.74) is 3.12. The van der Waals surface area contributed by atoms with Crippen LogP contribution >= 0.6 is 0 Å². The standard InChI is InChI=1S/C12H12N4/c1-8(2)11-10(7-13)12(16-15-11)9-3-5-14-6-4-9/h3-6,8H,1-2H3,(H,15,16).